The first-order valence-electron chi connectivity index (χ1n) is 7.93. The fourth-order valence-electron chi connectivity index (χ4n) is 2.74. The third kappa shape index (κ3) is 3.79. The highest BCUT2D eigenvalue weighted by Crippen LogP contribution is 2.29. The average Bonchev–Trinajstić information content (AvgIpc) is 2.59. The molecule has 1 saturated carbocycles. The van der Waals surface area contributed by atoms with Crippen LogP contribution in [-0.2, 0) is 4.74 Å². The van der Waals surface area contributed by atoms with E-state index in [0.717, 1.165) is 0 Å². The van der Waals surface area contributed by atoms with Crippen LogP contribution in [0.1, 0.15) is 23.2 Å². The van der Waals surface area contributed by atoms with Crippen LogP contribution in [0.4, 0.5) is 8.78 Å². The van der Waals surface area contributed by atoms with Crippen molar-refractivity contribution in [1.29, 1.82) is 0 Å². The van der Waals surface area contributed by atoms with Gasteiger partial charge in [-0.15, -0.1) is 0 Å². The quantitative estimate of drug-likeness (QED) is 0.441. The maximum Gasteiger partial charge on any atom is 0.341 e. The number of benzene rings is 2. The van der Waals surface area contributed by atoms with Crippen LogP contribution in [0.2, 0.25) is 0 Å². The minimum Gasteiger partial charge on any atom is -0.494 e. The first-order valence-corrected chi connectivity index (χ1v) is 8.34. The Balaban J connectivity index is 1.72. The number of aliphatic imine (C=N–C) groups is 1. The van der Waals surface area contributed by atoms with Crippen molar-refractivity contribution in [3.05, 3.63) is 53.6 Å². The Hall–Kier alpha value is -2.63. The Labute approximate surface area is 154 Å². The van der Waals surface area contributed by atoms with Crippen molar-refractivity contribution in [2.45, 2.75) is 25.0 Å². The molecular weight excluding hydrogens is 360 g/mol. The lowest BCUT2D eigenvalue weighted by Gasteiger charge is -2.31. The highest BCUT2D eigenvalue weighted by Gasteiger charge is 2.32. The number of nitrogens with zero attached hydrogens (tertiary/aromatic N) is 1. The smallest absolute Gasteiger partial charge is 0.341 e. The molecule has 0 N–H and O–H groups in total. The van der Waals surface area contributed by atoms with E-state index in [9.17, 15) is 13.6 Å². The van der Waals surface area contributed by atoms with E-state index < -0.39 is 17.6 Å². The lowest BCUT2D eigenvalue weighted by Crippen LogP contribution is -2.36. The van der Waals surface area contributed by atoms with Crippen LogP contribution in [-0.4, -0.2) is 30.4 Å². The van der Waals surface area contributed by atoms with Gasteiger partial charge in [-0.25, -0.2) is 18.6 Å². The summed E-state index contributed by atoms with van der Waals surface area (Å²) < 4.78 is 38.3. The molecule has 1 fully saturated rings. The van der Waals surface area contributed by atoms with E-state index in [1.54, 1.807) is 12.1 Å². The summed E-state index contributed by atoms with van der Waals surface area (Å²) in [5.74, 6) is -1.90. The summed E-state index contributed by atoms with van der Waals surface area (Å²) in [6.07, 6.45) is 0.815. The standard InChI is InChI=1S/C19H15F2NO3S/c1-24-18-5-3-12(7-17(18)21)11-2-4-15(16(20)6-11)19(23)25-14-8-13(9-14)22-10-26/h2-7,13-14H,8-9H2,1H3. The van der Waals surface area contributed by atoms with Crippen LogP contribution in [0.15, 0.2) is 41.4 Å². The van der Waals surface area contributed by atoms with E-state index >= 15 is 0 Å². The number of hydrogen-bond acceptors (Lipinski definition) is 5. The average molecular weight is 375 g/mol. The molecule has 0 bridgehead atoms. The van der Waals surface area contributed by atoms with E-state index in [1.165, 1.54) is 31.4 Å². The number of thiocarbonyl (C=S) groups is 1. The lowest BCUT2D eigenvalue weighted by atomic mass is 9.90. The molecule has 2 aromatic carbocycles. The molecule has 0 spiro atoms. The maximum absolute atomic E-state index is 14.3. The summed E-state index contributed by atoms with van der Waals surface area (Å²) in [5, 5.41) is 2.29. The van der Waals surface area contributed by atoms with Gasteiger partial charge in [-0.2, -0.15) is 0 Å². The van der Waals surface area contributed by atoms with Crippen molar-refractivity contribution in [2.75, 3.05) is 7.11 Å². The molecule has 1 aliphatic carbocycles. The number of isothiocyanates is 1. The van der Waals surface area contributed by atoms with Crippen molar-refractivity contribution >= 4 is 23.3 Å². The van der Waals surface area contributed by atoms with Gasteiger partial charge >= 0.3 is 5.97 Å². The molecular formula is C19H15F2NO3S. The van der Waals surface area contributed by atoms with Crippen LogP contribution < -0.4 is 4.74 Å². The molecule has 134 valence electrons. The summed E-state index contributed by atoms with van der Waals surface area (Å²) >= 11 is 4.52. The molecule has 3 rings (SSSR count). The molecule has 0 aliphatic heterocycles. The molecule has 4 nitrogen and oxygen atoms in total. The number of hydrogen-bond donors (Lipinski definition) is 0. The van der Waals surface area contributed by atoms with Gasteiger partial charge in [-0.3, -0.25) is 0 Å². The minimum absolute atomic E-state index is 0.0162. The van der Waals surface area contributed by atoms with Crippen molar-refractivity contribution in [2.24, 2.45) is 4.99 Å². The predicted octanol–water partition coefficient (Wildman–Crippen LogP) is 4.43. The largest absolute Gasteiger partial charge is 0.494 e. The second-order valence-electron chi connectivity index (χ2n) is 5.92. The number of carbonyl (C=O) groups is 1. The van der Waals surface area contributed by atoms with E-state index in [4.69, 9.17) is 9.47 Å². The fourth-order valence-corrected chi connectivity index (χ4v) is 2.88. The van der Waals surface area contributed by atoms with Gasteiger partial charge in [-0.1, -0.05) is 12.1 Å². The molecule has 7 heteroatoms. The van der Waals surface area contributed by atoms with Crippen molar-refractivity contribution in [3.63, 3.8) is 0 Å². The number of esters is 1. The van der Waals surface area contributed by atoms with Crippen molar-refractivity contribution in [1.82, 2.24) is 0 Å². The lowest BCUT2D eigenvalue weighted by molar-refractivity contribution is 0.00316. The highest BCUT2D eigenvalue weighted by molar-refractivity contribution is 7.78. The molecule has 0 radical (unpaired) electrons. The van der Waals surface area contributed by atoms with Crippen LogP contribution in [0.25, 0.3) is 11.1 Å². The molecule has 0 saturated heterocycles. The number of rotatable bonds is 5. The van der Waals surface area contributed by atoms with Crippen molar-refractivity contribution < 1.29 is 23.0 Å². The summed E-state index contributed by atoms with van der Waals surface area (Å²) in [6, 6.07) is 8.39. The van der Waals surface area contributed by atoms with Gasteiger partial charge in [0, 0.05) is 12.8 Å². The molecule has 2 aromatic rings. The SMILES string of the molecule is COc1ccc(-c2ccc(C(=O)OC3CC(N=C=S)C3)c(F)c2)cc1F. The first kappa shape index (κ1) is 18.2. The second kappa shape index (κ2) is 7.72. The maximum atomic E-state index is 14.3. The van der Waals surface area contributed by atoms with E-state index in [0.29, 0.717) is 24.0 Å². The Morgan fingerprint density at radius 2 is 1.81 bits per heavy atom. The van der Waals surface area contributed by atoms with E-state index in [2.05, 4.69) is 22.4 Å². The zero-order valence-electron chi connectivity index (χ0n) is 13.9. The Morgan fingerprint density at radius 3 is 2.38 bits per heavy atom. The number of carbonyl (C=O) groups excluding carboxylic acids is 1. The van der Waals surface area contributed by atoms with Gasteiger partial charge in [-0.05, 0) is 47.6 Å². The molecule has 0 aromatic heterocycles. The molecule has 0 atom stereocenters. The van der Waals surface area contributed by atoms with Crippen LogP contribution >= 0.6 is 12.2 Å². The van der Waals surface area contributed by atoms with Crippen molar-refractivity contribution in [3.8, 4) is 16.9 Å². The molecule has 0 heterocycles. The zero-order valence-corrected chi connectivity index (χ0v) is 14.7. The Kier molecular flexibility index (Phi) is 5.40. The summed E-state index contributed by atoms with van der Waals surface area (Å²) in [5.41, 5.74) is 0.756. The van der Waals surface area contributed by atoms with Gasteiger partial charge < -0.3 is 9.47 Å². The molecule has 0 amide bonds. The molecule has 1 aliphatic rings. The second-order valence-corrected chi connectivity index (χ2v) is 6.10. The van der Waals surface area contributed by atoms with Gasteiger partial charge in [0.25, 0.3) is 0 Å². The van der Waals surface area contributed by atoms with Gasteiger partial charge in [0.2, 0.25) is 0 Å². The molecule has 26 heavy (non-hydrogen) atoms. The molecule has 0 unspecified atom stereocenters. The summed E-state index contributed by atoms with van der Waals surface area (Å²) in [7, 11) is 1.37. The van der Waals surface area contributed by atoms with Gasteiger partial charge in [0.15, 0.2) is 11.6 Å². The monoisotopic (exact) mass is 375 g/mol. The predicted molar refractivity (Wildman–Crippen MR) is 95.6 cm³/mol. The van der Waals surface area contributed by atoms with Crippen LogP contribution in [0, 0.1) is 11.6 Å². The first-order chi connectivity index (χ1) is 12.5. The highest BCUT2D eigenvalue weighted by atomic mass is 32.1. The van der Waals surface area contributed by atoms with Gasteiger partial charge in [0.05, 0.1) is 23.9 Å². The van der Waals surface area contributed by atoms with E-state index in [1.807, 2.05) is 0 Å². The zero-order chi connectivity index (χ0) is 18.7. The Bertz CT molecular complexity index is 890. The Morgan fingerprint density at radius 1 is 1.15 bits per heavy atom. The normalized spacial score (nSPS) is 18.4. The fraction of sp³-hybridized carbons (Fsp3) is 0.263. The van der Waals surface area contributed by atoms with E-state index in [-0.39, 0.29) is 23.5 Å². The number of halogens is 2. The van der Waals surface area contributed by atoms with Crippen LogP contribution in [0.5, 0.6) is 5.75 Å². The third-order valence-corrected chi connectivity index (χ3v) is 4.36. The minimum atomic E-state index is -0.732. The van der Waals surface area contributed by atoms with Gasteiger partial charge in [0.1, 0.15) is 11.9 Å². The third-order valence-electron chi connectivity index (χ3n) is 4.25. The number of ether oxygens (including phenoxy) is 2. The summed E-state index contributed by atoms with van der Waals surface area (Å²) in [4.78, 5) is 16.0. The topological polar surface area (TPSA) is 47.9 Å². The van der Waals surface area contributed by atoms with Crippen LogP contribution in [0.3, 0.4) is 0 Å². The summed E-state index contributed by atoms with van der Waals surface area (Å²) in [6.45, 7) is 0. The number of methoxy groups -OCH3 is 1.